The molecule has 0 unspecified atom stereocenters. The molecular weight excluding hydrogens is 240 g/mol. The number of benzene rings is 1. The monoisotopic (exact) mass is 260 g/mol. The van der Waals surface area contributed by atoms with Crippen molar-refractivity contribution in [2.24, 2.45) is 0 Å². The van der Waals surface area contributed by atoms with Crippen LogP contribution in [0.3, 0.4) is 0 Å². The average molecular weight is 260 g/mol. The Bertz CT molecular complexity index is 529. The fourth-order valence-electron chi connectivity index (χ4n) is 2.06. The molecule has 19 heavy (non-hydrogen) atoms. The first-order valence-electron chi connectivity index (χ1n) is 6.51. The number of rotatable bonds is 7. The molecule has 0 atom stereocenters. The minimum Gasteiger partial charge on any atom is -0.494 e. The number of para-hydroxylation sites is 1. The lowest BCUT2D eigenvalue weighted by Crippen LogP contribution is -2.04. The molecule has 4 heteroatoms. The summed E-state index contributed by atoms with van der Waals surface area (Å²) in [5.41, 5.74) is 1.99. The Kier molecular flexibility index (Phi) is 4.98. The van der Waals surface area contributed by atoms with Crippen molar-refractivity contribution in [3.05, 3.63) is 30.5 Å². The molecule has 0 fully saturated rings. The van der Waals surface area contributed by atoms with E-state index in [0.717, 1.165) is 48.3 Å². The molecular formula is C15H20N2O2. The van der Waals surface area contributed by atoms with Gasteiger partial charge in [-0.2, -0.15) is 0 Å². The Morgan fingerprint density at radius 2 is 2.05 bits per heavy atom. The van der Waals surface area contributed by atoms with E-state index in [9.17, 15) is 0 Å². The van der Waals surface area contributed by atoms with E-state index >= 15 is 0 Å². The van der Waals surface area contributed by atoms with Crippen LogP contribution in [-0.2, 0) is 4.74 Å². The Labute approximate surface area is 113 Å². The second-order valence-corrected chi connectivity index (χ2v) is 4.34. The number of unbranched alkanes of at least 4 members (excludes halogenated alkanes) is 1. The first kappa shape index (κ1) is 13.6. The highest BCUT2D eigenvalue weighted by Crippen LogP contribution is 2.28. The van der Waals surface area contributed by atoms with E-state index in [1.807, 2.05) is 24.4 Å². The molecule has 0 aliphatic carbocycles. The second kappa shape index (κ2) is 6.95. The highest BCUT2D eigenvalue weighted by molar-refractivity contribution is 5.94. The maximum absolute atomic E-state index is 5.33. The summed E-state index contributed by atoms with van der Waals surface area (Å²) in [7, 11) is 3.40. The number of ether oxygens (including phenoxy) is 2. The van der Waals surface area contributed by atoms with Gasteiger partial charge in [0.2, 0.25) is 0 Å². The van der Waals surface area contributed by atoms with Crippen molar-refractivity contribution < 1.29 is 9.47 Å². The highest BCUT2D eigenvalue weighted by atomic mass is 16.5. The van der Waals surface area contributed by atoms with Gasteiger partial charge >= 0.3 is 0 Å². The molecule has 1 aromatic heterocycles. The van der Waals surface area contributed by atoms with Crippen LogP contribution in [0.2, 0.25) is 0 Å². The van der Waals surface area contributed by atoms with Crippen molar-refractivity contribution in [3.63, 3.8) is 0 Å². The Morgan fingerprint density at radius 1 is 1.16 bits per heavy atom. The van der Waals surface area contributed by atoms with Crippen LogP contribution in [0.15, 0.2) is 30.5 Å². The number of hydrogen-bond acceptors (Lipinski definition) is 4. The number of pyridine rings is 1. The van der Waals surface area contributed by atoms with Gasteiger partial charge in [-0.3, -0.25) is 4.98 Å². The predicted molar refractivity (Wildman–Crippen MR) is 77.9 cm³/mol. The van der Waals surface area contributed by atoms with E-state index in [-0.39, 0.29) is 0 Å². The zero-order valence-electron chi connectivity index (χ0n) is 11.5. The van der Waals surface area contributed by atoms with Crippen LogP contribution in [0.25, 0.3) is 10.9 Å². The summed E-state index contributed by atoms with van der Waals surface area (Å²) >= 11 is 0. The topological polar surface area (TPSA) is 43.4 Å². The number of hydrogen-bond donors (Lipinski definition) is 1. The van der Waals surface area contributed by atoms with E-state index in [2.05, 4.69) is 16.4 Å². The number of nitrogens with zero attached hydrogens (tertiary/aromatic N) is 1. The highest BCUT2D eigenvalue weighted by Gasteiger charge is 2.05. The molecule has 0 amide bonds. The molecule has 4 nitrogen and oxygen atoms in total. The molecule has 102 valence electrons. The maximum Gasteiger partial charge on any atom is 0.145 e. The van der Waals surface area contributed by atoms with Crippen molar-refractivity contribution in [1.29, 1.82) is 0 Å². The van der Waals surface area contributed by atoms with Crippen LogP contribution in [0.1, 0.15) is 12.8 Å². The predicted octanol–water partition coefficient (Wildman–Crippen LogP) is 3.08. The molecule has 2 rings (SSSR count). The van der Waals surface area contributed by atoms with E-state index in [1.54, 1.807) is 14.2 Å². The number of methoxy groups -OCH3 is 2. The summed E-state index contributed by atoms with van der Waals surface area (Å²) in [5, 5.41) is 4.54. The molecule has 0 radical (unpaired) electrons. The summed E-state index contributed by atoms with van der Waals surface area (Å²) in [6.45, 7) is 1.74. The molecule has 1 aromatic carbocycles. The summed E-state index contributed by atoms with van der Waals surface area (Å²) in [6, 6.07) is 7.97. The third-order valence-corrected chi connectivity index (χ3v) is 3.04. The van der Waals surface area contributed by atoms with Crippen LogP contribution in [-0.4, -0.2) is 32.4 Å². The number of anilines is 1. The molecule has 1 heterocycles. The summed E-state index contributed by atoms with van der Waals surface area (Å²) < 4.78 is 10.4. The van der Waals surface area contributed by atoms with Gasteiger partial charge in [0.25, 0.3) is 0 Å². The largest absolute Gasteiger partial charge is 0.494 e. The van der Waals surface area contributed by atoms with Gasteiger partial charge in [0.1, 0.15) is 11.3 Å². The van der Waals surface area contributed by atoms with Crippen molar-refractivity contribution in [1.82, 2.24) is 4.98 Å². The maximum atomic E-state index is 5.33. The van der Waals surface area contributed by atoms with Gasteiger partial charge in [0.05, 0.1) is 7.11 Å². The van der Waals surface area contributed by atoms with E-state index < -0.39 is 0 Å². The smallest absolute Gasteiger partial charge is 0.145 e. The number of nitrogens with one attached hydrogen (secondary N) is 1. The van der Waals surface area contributed by atoms with Gasteiger partial charge < -0.3 is 14.8 Å². The Hall–Kier alpha value is -1.81. The van der Waals surface area contributed by atoms with Gasteiger partial charge in [0, 0.05) is 37.5 Å². The molecule has 1 N–H and O–H groups in total. The number of fused-ring (bicyclic) bond motifs is 1. The van der Waals surface area contributed by atoms with Gasteiger partial charge in [-0.05, 0) is 25.0 Å². The minimum atomic E-state index is 0.806. The average Bonchev–Trinajstić information content (AvgIpc) is 2.46. The summed E-state index contributed by atoms with van der Waals surface area (Å²) in [6.07, 6.45) is 3.96. The van der Waals surface area contributed by atoms with Crippen molar-refractivity contribution >= 4 is 16.6 Å². The van der Waals surface area contributed by atoms with Gasteiger partial charge in [-0.15, -0.1) is 0 Å². The quantitative estimate of drug-likeness (QED) is 0.777. The van der Waals surface area contributed by atoms with E-state index in [0.29, 0.717) is 0 Å². The van der Waals surface area contributed by atoms with E-state index in [4.69, 9.17) is 9.47 Å². The zero-order chi connectivity index (χ0) is 13.5. The zero-order valence-corrected chi connectivity index (χ0v) is 11.5. The molecule has 0 saturated carbocycles. The fourth-order valence-corrected chi connectivity index (χ4v) is 2.06. The number of aromatic nitrogens is 1. The van der Waals surface area contributed by atoms with Gasteiger partial charge in [0.15, 0.2) is 0 Å². The van der Waals surface area contributed by atoms with Crippen molar-refractivity contribution in [2.45, 2.75) is 12.8 Å². The summed E-state index contributed by atoms with van der Waals surface area (Å²) in [5.74, 6) is 0.806. The first-order valence-corrected chi connectivity index (χ1v) is 6.51. The van der Waals surface area contributed by atoms with Crippen LogP contribution in [0.5, 0.6) is 5.75 Å². The molecule has 0 spiro atoms. The van der Waals surface area contributed by atoms with Crippen LogP contribution in [0.4, 0.5) is 5.69 Å². The standard InChI is InChI=1S/C15H20N2O2/c1-18-11-4-3-9-16-13-8-10-17-15-12(13)6-5-7-14(15)19-2/h5-8,10H,3-4,9,11H2,1-2H3,(H,16,17). The molecule has 0 bridgehead atoms. The minimum absolute atomic E-state index is 0.806. The SMILES string of the molecule is COCCCCNc1ccnc2c(OC)cccc12. The molecule has 2 aromatic rings. The summed E-state index contributed by atoms with van der Waals surface area (Å²) in [4.78, 5) is 4.39. The second-order valence-electron chi connectivity index (χ2n) is 4.34. The Balaban J connectivity index is 2.10. The first-order chi connectivity index (χ1) is 9.36. The van der Waals surface area contributed by atoms with E-state index in [1.165, 1.54) is 0 Å². The molecule has 0 aliphatic rings. The van der Waals surface area contributed by atoms with Crippen LogP contribution >= 0.6 is 0 Å². The lowest BCUT2D eigenvalue weighted by molar-refractivity contribution is 0.194. The molecule has 0 saturated heterocycles. The van der Waals surface area contributed by atoms with Crippen LogP contribution in [0, 0.1) is 0 Å². The lowest BCUT2D eigenvalue weighted by atomic mass is 10.1. The van der Waals surface area contributed by atoms with Crippen molar-refractivity contribution in [3.8, 4) is 5.75 Å². The third kappa shape index (κ3) is 3.35. The van der Waals surface area contributed by atoms with Gasteiger partial charge in [-0.1, -0.05) is 12.1 Å². The lowest BCUT2D eigenvalue weighted by Gasteiger charge is -2.11. The fraction of sp³-hybridized carbons (Fsp3) is 0.400. The van der Waals surface area contributed by atoms with Crippen molar-refractivity contribution in [2.75, 3.05) is 32.7 Å². The Morgan fingerprint density at radius 3 is 2.84 bits per heavy atom. The molecule has 0 aliphatic heterocycles. The van der Waals surface area contributed by atoms with Crippen LogP contribution < -0.4 is 10.1 Å². The normalized spacial score (nSPS) is 10.6. The van der Waals surface area contributed by atoms with Gasteiger partial charge in [-0.25, -0.2) is 0 Å². The third-order valence-electron chi connectivity index (χ3n) is 3.04.